The van der Waals surface area contributed by atoms with Gasteiger partial charge in [-0.15, -0.1) is 0 Å². The van der Waals surface area contributed by atoms with Crippen molar-refractivity contribution in [1.29, 1.82) is 0 Å². The van der Waals surface area contributed by atoms with E-state index < -0.39 is 5.97 Å². The van der Waals surface area contributed by atoms with Crippen LogP contribution < -0.4 is 4.90 Å². The summed E-state index contributed by atoms with van der Waals surface area (Å²) in [6, 6.07) is 0. The van der Waals surface area contributed by atoms with Crippen molar-refractivity contribution in [3.8, 4) is 0 Å². The third kappa shape index (κ3) is 3.91. The van der Waals surface area contributed by atoms with Gasteiger partial charge in [0.2, 0.25) is 0 Å². The third-order valence-corrected chi connectivity index (χ3v) is 2.81. The molecule has 106 valence electrons. The maximum Gasteiger partial charge on any atom is 0.356 e. The summed E-state index contributed by atoms with van der Waals surface area (Å²) in [5.41, 5.74) is 0.703. The van der Waals surface area contributed by atoms with Crippen LogP contribution in [0.25, 0.3) is 0 Å². The maximum atomic E-state index is 11.4. The lowest BCUT2D eigenvalue weighted by atomic mass is 10.1. The average Bonchev–Trinajstić information content (AvgIpc) is 2.34. The molecule has 1 rings (SSSR count). The summed E-state index contributed by atoms with van der Waals surface area (Å²) in [7, 11) is 0. The number of hydrogen-bond donors (Lipinski definition) is 1. The summed E-state index contributed by atoms with van der Waals surface area (Å²) in [6.07, 6.45) is 1.64. The fraction of sp³-hybridized carbons (Fsp3) is 0.643. The summed E-state index contributed by atoms with van der Waals surface area (Å²) in [6.45, 7) is 11.6. The predicted octanol–water partition coefficient (Wildman–Crippen LogP) is 2.78. The highest BCUT2D eigenvalue weighted by atomic mass is 16.4. The molecule has 0 aliphatic heterocycles. The fourth-order valence-corrected chi connectivity index (χ4v) is 1.89. The zero-order chi connectivity index (χ0) is 14.6. The van der Waals surface area contributed by atoms with Crippen molar-refractivity contribution in [2.45, 2.75) is 40.5 Å². The number of hydrogen-bond acceptors (Lipinski definition) is 4. The molecule has 19 heavy (non-hydrogen) atoms. The van der Waals surface area contributed by atoms with E-state index in [1.807, 2.05) is 25.7 Å². The predicted molar refractivity (Wildman–Crippen MR) is 75.8 cm³/mol. The van der Waals surface area contributed by atoms with Gasteiger partial charge in [-0.05, 0) is 12.8 Å². The molecule has 0 fully saturated rings. The largest absolute Gasteiger partial charge is 0.476 e. The van der Waals surface area contributed by atoms with Crippen molar-refractivity contribution in [3.05, 3.63) is 17.7 Å². The number of carboxylic acids is 1. The molecule has 0 saturated carbocycles. The molecule has 0 spiro atoms. The van der Waals surface area contributed by atoms with Crippen LogP contribution in [0.1, 0.15) is 56.8 Å². The van der Waals surface area contributed by atoms with Gasteiger partial charge in [-0.25, -0.2) is 14.8 Å². The van der Waals surface area contributed by atoms with E-state index in [4.69, 9.17) is 0 Å². The van der Waals surface area contributed by atoms with Gasteiger partial charge in [0, 0.05) is 19.0 Å². The van der Waals surface area contributed by atoms with E-state index >= 15 is 0 Å². The average molecular weight is 265 g/mol. The van der Waals surface area contributed by atoms with E-state index in [9.17, 15) is 9.90 Å². The second-order valence-electron chi connectivity index (χ2n) is 5.35. The number of rotatable bonds is 6. The molecule has 5 nitrogen and oxygen atoms in total. The van der Waals surface area contributed by atoms with Gasteiger partial charge in [-0.1, -0.05) is 27.7 Å². The molecule has 0 bridgehead atoms. The first-order valence-electron chi connectivity index (χ1n) is 6.71. The van der Waals surface area contributed by atoms with Crippen molar-refractivity contribution in [2.75, 3.05) is 18.0 Å². The van der Waals surface area contributed by atoms with Crippen LogP contribution in [0, 0.1) is 5.92 Å². The Morgan fingerprint density at radius 3 is 2.42 bits per heavy atom. The third-order valence-electron chi connectivity index (χ3n) is 2.81. The monoisotopic (exact) mass is 265 g/mol. The number of carbonyl (C=O) groups is 1. The van der Waals surface area contributed by atoms with E-state index in [1.54, 1.807) is 6.20 Å². The molecule has 0 radical (unpaired) electrons. The molecule has 0 atom stereocenters. The lowest BCUT2D eigenvalue weighted by molar-refractivity contribution is 0.0690. The molecule has 0 amide bonds. The van der Waals surface area contributed by atoms with Crippen LogP contribution in [-0.2, 0) is 0 Å². The lowest BCUT2D eigenvalue weighted by Crippen LogP contribution is -2.29. The Labute approximate surface area is 114 Å². The Morgan fingerprint density at radius 1 is 1.37 bits per heavy atom. The number of anilines is 1. The van der Waals surface area contributed by atoms with E-state index in [2.05, 4.69) is 23.8 Å². The van der Waals surface area contributed by atoms with Crippen molar-refractivity contribution >= 4 is 11.7 Å². The molecule has 0 aromatic carbocycles. The first-order valence-corrected chi connectivity index (χ1v) is 6.71. The highest BCUT2D eigenvalue weighted by Crippen LogP contribution is 2.21. The van der Waals surface area contributed by atoms with Crippen LogP contribution >= 0.6 is 0 Å². The molecule has 5 heteroatoms. The Kier molecular flexibility index (Phi) is 5.27. The second-order valence-corrected chi connectivity index (χ2v) is 5.35. The van der Waals surface area contributed by atoms with Gasteiger partial charge in [-0.2, -0.15) is 0 Å². The highest BCUT2D eigenvalue weighted by molar-refractivity contribution is 5.92. The minimum absolute atomic E-state index is 0.0983. The summed E-state index contributed by atoms with van der Waals surface area (Å²) in [5, 5.41) is 9.33. The van der Waals surface area contributed by atoms with E-state index in [0.717, 1.165) is 13.1 Å². The summed E-state index contributed by atoms with van der Waals surface area (Å²) in [4.78, 5) is 21.9. The molecule has 1 heterocycles. The number of carboxylic acid groups (broad SMARTS) is 1. The van der Waals surface area contributed by atoms with E-state index in [0.29, 0.717) is 17.4 Å². The van der Waals surface area contributed by atoms with Crippen LogP contribution in [-0.4, -0.2) is 34.1 Å². The maximum absolute atomic E-state index is 11.4. The summed E-state index contributed by atoms with van der Waals surface area (Å²) >= 11 is 0. The van der Waals surface area contributed by atoms with Gasteiger partial charge in [0.1, 0.15) is 5.82 Å². The Balaban J connectivity index is 3.21. The van der Waals surface area contributed by atoms with Crippen LogP contribution in [0.2, 0.25) is 0 Å². The number of nitrogens with zero attached hydrogens (tertiary/aromatic N) is 3. The van der Waals surface area contributed by atoms with Gasteiger partial charge in [0.15, 0.2) is 5.69 Å². The quantitative estimate of drug-likeness (QED) is 0.856. The van der Waals surface area contributed by atoms with Gasteiger partial charge >= 0.3 is 5.97 Å². The number of aromatic carboxylic acids is 1. The molecule has 0 aliphatic rings. The van der Waals surface area contributed by atoms with Crippen LogP contribution in [0.4, 0.5) is 5.69 Å². The molecule has 1 aromatic heterocycles. The highest BCUT2D eigenvalue weighted by Gasteiger charge is 2.20. The van der Waals surface area contributed by atoms with Crippen molar-refractivity contribution in [3.63, 3.8) is 0 Å². The fourth-order valence-electron chi connectivity index (χ4n) is 1.89. The molecule has 0 aliphatic carbocycles. The van der Waals surface area contributed by atoms with E-state index in [1.165, 1.54) is 0 Å². The Hall–Kier alpha value is -1.65. The van der Waals surface area contributed by atoms with Gasteiger partial charge in [-0.3, -0.25) is 0 Å². The molecular formula is C14H23N3O2. The van der Waals surface area contributed by atoms with Crippen molar-refractivity contribution in [2.24, 2.45) is 5.92 Å². The minimum atomic E-state index is -0.999. The zero-order valence-electron chi connectivity index (χ0n) is 12.3. The normalized spacial score (nSPS) is 11.1. The van der Waals surface area contributed by atoms with Crippen molar-refractivity contribution < 1.29 is 9.90 Å². The Morgan fingerprint density at radius 2 is 2.00 bits per heavy atom. The van der Waals surface area contributed by atoms with Crippen LogP contribution in [0.3, 0.4) is 0 Å². The first kappa shape index (κ1) is 15.4. The molecule has 1 aromatic rings. The Bertz CT molecular complexity index is 444. The van der Waals surface area contributed by atoms with Gasteiger partial charge in [0.05, 0.1) is 11.9 Å². The van der Waals surface area contributed by atoms with Crippen molar-refractivity contribution in [1.82, 2.24) is 9.97 Å². The summed E-state index contributed by atoms with van der Waals surface area (Å²) < 4.78 is 0. The van der Waals surface area contributed by atoms with Gasteiger partial charge < -0.3 is 10.0 Å². The second kappa shape index (κ2) is 6.50. The van der Waals surface area contributed by atoms with Gasteiger partial charge in [0.25, 0.3) is 0 Å². The molecule has 0 unspecified atom stereocenters. The summed E-state index contributed by atoms with van der Waals surface area (Å²) in [5.74, 6) is 0.141. The molecule has 0 saturated heterocycles. The zero-order valence-corrected chi connectivity index (χ0v) is 12.3. The first-order chi connectivity index (χ1) is 8.86. The smallest absolute Gasteiger partial charge is 0.356 e. The topological polar surface area (TPSA) is 66.3 Å². The molecular weight excluding hydrogens is 242 g/mol. The lowest BCUT2D eigenvalue weighted by Gasteiger charge is -2.26. The standard InChI is InChI=1S/C14H23N3O2/c1-6-17(8-9(2)3)11-7-15-13(10(4)5)16-12(11)14(18)19/h7,9-10H,6,8H2,1-5H3,(H,18,19). The van der Waals surface area contributed by atoms with Crippen LogP contribution in [0.5, 0.6) is 0 Å². The minimum Gasteiger partial charge on any atom is -0.476 e. The molecule has 1 N–H and O–H groups in total. The number of aromatic nitrogens is 2. The van der Waals surface area contributed by atoms with Crippen LogP contribution in [0.15, 0.2) is 6.20 Å². The SMILES string of the molecule is CCN(CC(C)C)c1cnc(C(C)C)nc1C(=O)O. The van der Waals surface area contributed by atoms with E-state index in [-0.39, 0.29) is 11.6 Å².